The van der Waals surface area contributed by atoms with Crippen LogP contribution in [0, 0.1) is 17.1 Å². The molecule has 218 valence electrons. The van der Waals surface area contributed by atoms with E-state index < -0.39 is 17.9 Å². The maximum Gasteiger partial charge on any atom is 0.244 e. The lowest BCUT2D eigenvalue weighted by molar-refractivity contribution is -0.128. The van der Waals surface area contributed by atoms with Gasteiger partial charge in [-0.2, -0.15) is 5.26 Å². The van der Waals surface area contributed by atoms with Crippen LogP contribution in [0.5, 0.6) is 11.5 Å². The van der Waals surface area contributed by atoms with Gasteiger partial charge in [0, 0.05) is 41.7 Å². The lowest BCUT2D eigenvalue weighted by Crippen LogP contribution is -2.50. The molecule has 1 atom stereocenters. The number of pyridine rings is 1. The first kappa shape index (κ1) is 29.5. The highest BCUT2D eigenvalue weighted by atomic mass is 35.5. The standard InChI is InChI=1S/C32H27ClFN5O4/c33-25-11-20(16-39-30(31(36)40)32(37)41)28(42-17-19-10-18(13-35)14-38-15-19)12-29(25)43-27-9-8-22-21(5-3-6-24(22)27)23-4-1-2-7-26(23)34/h1-7,10-12,14-15,27,30,39H,8-9,16-17H2,(H2,36,40)(H2,37,41)/t27-/m0/s1. The highest BCUT2D eigenvalue weighted by molar-refractivity contribution is 6.32. The predicted molar refractivity (Wildman–Crippen MR) is 157 cm³/mol. The van der Waals surface area contributed by atoms with E-state index in [-0.39, 0.29) is 30.1 Å². The van der Waals surface area contributed by atoms with E-state index in [4.69, 9.17) is 32.5 Å². The minimum absolute atomic E-state index is 0.0272. The van der Waals surface area contributed by atoms with E-state index in [1.54, 1.807) is 42.6 Å². The summed E-state index contributed by atoms with van der Waals surface area (Å²) in [5, 5.41) is 12.2. The molecule has 0 saturated heterocycles. The third-order valence-electron chi connectivity index (χ3n) is 7.15. The lowest BCUT2D eigenvalue weighted by atomic mass is 9.96. The number of fused-ring (bicyclic) bond motifs is 1. The quantitative estimate of drug-likeness (QED) is 0.215. The summed E-state index contributed by atoms with van der Waals surface area (Å²) in [5.74, 6) is -1.44. The van der Waals surface area contributed by atoms with Crippen molar-refractivity contribution in [2.24, 2.45) is 11.5 Å². The number of aromatic nitrogens is 1. The Labute approximate surface area is 252 Å². The Kier molecular flexibility index (Phi) is 8.85. The van der Waals surface area contributed by atoms with Crippen LogP contribution in [0.4, 0.5) is 4.39 Å². The number of amides is 2. The van der Waals surface area contributed by atoms with Gasteiger partial charge in [-0.05, 0) is 47.7 Å². The van der Waals surface area contributed by atoms with Gasteiger partial charge in [0.25, 0.3) is 0 Å². The van der Waals surface area contributed by atoms with E-state index in [1.165, 1.54) is 12.3 Å². The van der Waals surface area contributed by atoms with E-state index in [9.17, 15) is 19.2 Å². The highest BCUT2D eigenvalue weighted by Gasteiger charge is 2.28. The molecule has 43 heavy (non-hydrogen) atoms. The van der Waals surface area contributed by atoms with Gasteiger partial charge in [-0.25, -0.2) is 4.39 Å². The van der Waals surface area contributed by atoms with Gasteiger partial charge in [-0.3, -0.25) is 19.9 Å². The number of carbonyl (C=O) groups excluding carboxylic acids is 2. The first-order chi connectivity index (χ1) is 20.7. The molecular formula is C32H27ClFN5O4. The van der Waals surface area contributed by atoms with Crippen molar-refractivity contribution in [3.8, 4) is 28.7 Å². The van der Waals surface area contributed by atoms with Crippen LogP contribution in [0.3, 0.4) is 0 Å². The van der Waals surface area contributed by atoms with Crippen molar-refractivity contribution in [1.29, 1.82) is 5.26 Å². The summed E-state index contributed by atoms with van der Waals surface area (Å²) in [6, 6.07) is 17.9. The molecule has 1 heterocycles. The van der Waals surface area contributed by atoms with Crippen LogP contribution in [0.2, 0.25) is 5.02 Å². The zero-order chi connectivity index (χ0) is 30.5. The van der Waals surface area contributed by atoms with E-state index >= 15 is 0 Å². The Balaban J connectivity index is 1.44. The summed E-state index contributed by atoms with van der Waals surface area (Å²) >= 11 is 6.66. The third kappa shape index (κ3) is 6.59. The molecule has 0 aliphatic heterocycles. The molecule has 0 fully saturated rings. The van der Waals surface area contributed by atoms with E-state index in [1.807, 2.05) is 24.3 Å². The maximum atomic E-state index is 14.6. The first-order valence-corrected chi connectivity index (χ1v) is 13.8. The molecule has 0 bridgehead atoms. The minimum Gasteiger partial charge on any atom is -0.488 e. The number of benzene rings is 3. The molecule has 11 heteroatoms. The van der Waals surface area contributed by atoms with Gasteiger partial charge in [0.1, 0.15) is 36.1 Å². The molecule has 0 saturated carbocycles. The van der Waals surface area contributed by atoms with Crippen LogP contribution in [-0.4, -0.2) is 22.8 Å². The van der Waals surface area contributed by atoms with Crippen LogP contribution in [-0.2, 0) is 29.2 Å². The van der Waals surface area contributed by atoms with Crippen LogP contribution in [0.25, 0.3) is 11.1 Å². The maximum absolute atomic E-state index is 14.6. The Bertz CT molecular complexity index is 1730. The van der Waals surface area contributed by atoms with Gasteiger partial charge < -0.3 is 20.9 Å². The molecule has 5 N–H and O–H groups in total. The number of ether oxygens (including phenoxy) is 2. The Morgan fingerprint density at radius 1 is 1.07 bits per heavy atom. The van der Waals surface area contributed by atoms with Gasteiger partial charge in [0.2, 0.25) is 11.8 Å². The molecule has 0 spiro atoms. The lowest BCUT2D eigenvalue weighted by Gasteiger charge is -2.20. The summed E-state index contributed by atoms with van der Waals surface area (Å²) in [4.78, 5) is 27.4. The highest BCUT2D eigenvalue weighted by Crippen LogP contribution is 2.43. The Morgan fingerprint density at radius 3 is 2.58 bits per heavy atom. The molecule has 5 rings (SSSR count). The normalized spacial score (nSPS) is 13.8. The zero-order valence-electron chi connectivity index (χ0n) is 22.8. The molecule has 0 radical (unpaired) electrons. The van der Waals surface area contributed by atoms with Crippen molar-refractivity contribution in [3.63, 3.8) is 0 Å². The van der Waals surface area contributed by atoms with Crippen LogP contribution in [0.15, 0.2) is 73.1 Å². The first-order valence-electron chi connectivity index (χ1n) is 13.4. The van der Waals surface area contributed by atoms with Gasteiger partial charge >= 0.3 is 0 Å². The van der Waals surface area contributed by atoms with Crippen molar-refractivity contribution in [3.05, 3.63) is 112 Å². The fourth-order valence-corrected chi connectivity index (χ4v) is 5.34. The number of hydrogen-bond donors (Lipinski definition) is 3. The van der Waals surface area contributed by atoms with Crippen molar-refractivity contribution in [2.75, 3.05) is 0 Å². The predicted octanol–water partition coefficient (Wildman–Crippen LogP) is 4.49. The van der Waals surface area contributed by atoms with Crippen molar-refractivity contribution < 1.29 is 23.5 Å². The molecule has 0 unspecified atom stereocenters. The minimum atomic E-state index is -1.40. The van der Waals surface area contributed by atoms with E-state index in [0.717, 1.165) is 16.7 Å². The summed E-state index contributed by atoms with van der Waals surface area (Å²) in [5.41, 5.74) is 15.5. The Hall–Kier alpha value is -4.98. The van der Waals surface area contributed by atoms with E-state index in [2.05, 4.69) is 10.3 Å². The van der Waals surface area contributed by atoms with Crippen molar-refractivity contribution in [2.45, 2.75) is 38.1 Å². The smallest absolute Gasteiger partial charge is 0.244 e. The topological polar surface area (TPSA) is 153 Å². The van der Waals surface area contributed by atoms with Crippen molar-refractivity contribution in [1.82, 2.24) is 10.3 Å². The van der Waals surface area contributed by atoms with Gasteiger partial charge in [-0.15, -0.1) is 0 Å². The number of rotatable bonds is 11. The summed E-state index contributed by atoms with van der Waals surface area (Å²) in [7, 11) is 0. The number of carbonyl (C=O) groups is 2. The van der Waals surface area contributed by atoms with Crippen LogP contribution >= 0.6 is 11.6 Å². The fraction of sp³-hybridized carbons (Fsp3) is 0.188. The van der Waals surface area contributed by atoms with Gasteiger partial charge in [0.15, 0.2) is 6.04 Å². The average molecular weight is 600 g/mol. The SMILES string of the molecule is N#Cc1cncc(COc2cc(O[C@H]3CCc4c(-c5ccccc5F)cccc43)c(Cl)cc2CNC(C(N)=O)C(N)=O)c1. The average Bonchev–Trinajstić information content (AvgIpc) is 3.40. The summed E-state index contributed by atoms with van der Waals surface area (Å²) in [6.45, 7) is 0.0323. The molecule has 1 aromatic heterocycles. The molecule has 3 aromatic carbocycles. The number of nitrogens with zero attached hydrogens (tertiary/aromatic N) is 2. The van der Waals surface area contributed by atoms with E-state index in [0.29, 0.717) is 46.6 Å². The number of halogens is 2. The number of primary amides is 2. The number of nitrogens with two attached hydrogens (primary N) is 2. The second-order valence-corrected chi connectivity index (χ2v) is 10.4. The molecule has 2 amide bonds. The Morgan fingerprint density at radius 2 is 1.84 bits per heavy atom. The van der Waals surface area contributed by atoms with Crippen molar-refractivity contribution >= 4 is 23.4 Å². The van der Waals surface area contributed by atoms with Gasteiger partial charge in [0.05, 0.1) is 10.6 Å². The number of nitrogens with one attached hydrogen (secondary N) is 1. The van der Waals surface area contributed by atoms with Gasteiger partial charge in [-0.1, -0.05) is 48.0 Å². The van der Waals surface area contributed by atoms with Crippen LogP contribution < -0.4 is 26.3 Å². The monoisotopic (exact) mass is 599 g/mol. The second-order valence-electron chi connectivity index (χ2n) is 9.99. The van der Waals surface area contributed by atoms with Crippen LogP contribution in [0.1, 0.15) is 40.3 Å². The fourth-order valence-electron chi connectivity index (χ4n) is 5.10. The molecule has 9 nitrogen and oxygen atoms in total. The number of hydrogen-bond acceptors (Lipinski definition) is 7. The summed E-state index contributed by atoms with van der Waals surface area (Å²) < 4.78 is 27.1. The molecular weight excluding hydrogens is 573 g/mol. The molecule has 4 aromatic rings. The summed E-state index contributed by atoms with van der Waals surface area (Å²) in [6.07, 6.45) is 4.02. The third-order valence-corrected chi connectivity index (χ3v) is 7.44. The number of nitriles is 1. The molecule has 1 aliphatic carbocycles. The molecule has 1 aliphatic rings. The zero-order valence-corrected chi connectivity index (χ0v) is 23.6. The largest absolute Gasteiger partial charge is 0.488 e. The second kappa shape index (κ2) is 12.9.